The summed E-state index contributed by atoms with van der Waals surface area (Å²) < 4.78 is 5.24. The molecule has 3 heterocycles. The van der Waals surface area contributed by atoms with E-state index >= 15 is 0 Å². The molecule has 1 aromatic carbocycles. The van der Waals surface area contributed by atoms with Crippen LogP contribution in [-0.4, -0.2) is 46.5 Å². The second kappa shape index (κ2) is 7.75. The number of hydrogen-bond donors (Lipinski definition) is 3. The van der Waals surface area contributed by atoms with Crippen molar-refractivity contribution in [2.24, 2.45) is 0 Å². The molecule has 8 nitrogen and oxygen atoms in total. The fourth-order valence-electron chi connectivity index (χ4n) is 3.34. The lowest BCUT2D eigenvalue weighted by molar-refractivity contribution is 0.0731. The number of methoxy groups -OCH3 is 1. The molecule has 0 spiro atoms. The van der Waals surface area contributed by atoms with E-state index in [1.807, 2.05) is 38.1 Å². The highest BCUT2D eigenvalue weighted by Gasteiger charge is 2.26. The van der Waals surface area contributed by atoms with Gasteiger partial charge in [-0.1, -0.05) is 11.3 Å². The number of ether oxygens (including phenoxy) is 1. The first-order valence-electron chi connectivity index (χ1n) is 9.45. The Balaban J connectivity index is 1.48. The lowest BCUT2D eigenvalue weighted by atomic mass is 10.1. The molecule has 3 aromatic rings. The maximum atomic E-state index is 13.0. The number of aromatic nitrogens is 2. The van der Waals surface area contributed by atoms with Gasteiger partial charge >= 0.3 is 6.03 Å². The Morgan fingerprint density at radius 3 is 2.90 bits per heavy atom. The minimum absolute atomic E-state index is 0.0497. The molecular formula is C20H23N5O3S. The summed E-state index contributed by atoms with van der Waals surface area (Å²) in [5.74, 6) is 0.693. The van der Waals surface area contributed by atoms with E-state index in [-0.39, 0.29) is 18.0 Å². The van der Waals surface area contributed by atoms with Crippen LogP contribution in [0.25, 0.3) is 10.9 Å². The van der Waals surface area contributed by atoms with Crippen LogP contribution in [0.3, 0.4) is 0 Å². The Hall–Kier alpha value is -3.07. The van der Waals surface area contributed by atoms with Gasteiger partial charge in [0.1, 0.15) is 11.4 Å². The molecule has 152 valence electrons. The molecule has 4 rings (SSSR count). The van der Waals surface area contributed by atoms with Crippen LogP contribution in [0.1, 0.15) is 34.9 Å². The first-order chi connectivity index (χ1) is 13.9. The van der Waals surface area contributed by atoms with Crippen molar-refractivity contribution in [3.05, 3.63) is 40.5 Å². The van der Waals surface area contributed by atoms with Crippen molar-refractivity contribution in [3.63, 3.8) is 0 Å². The number of amides is 3. The Kier molecular flexibility index (Phi) is 5.14. The SMILES string of the molecule is COc1ccc2cc(C(=O)N3CCc4nc(NC(=O)NC(C)C)sc4C3)[nH]c2c1. The first-order valence-corrected chi connectivity index (χ1v) is 10.3. The smallest absolute Gasteiger partial charge is 0.321 e. The number of aromatic amines is 1. The van der Waals surface area contributed by atoms with Gasteiger partial charge in [0.05, 0.1) is 19.3 Å². The molecule has 9 heteroatoms. The maximum Gasteiger partial charge on any atom is 0.321 e. The summed E-state index contributed by atoms with van der Waals surface area (Å²) in [4.78, 5) is 35.4. The Morgan fingerprint density at radius 2 is 2.14 bits per heavy atom. The fraction of sp³-hybridized carbons (Fsp3) is 0.350. The van der Waals surface area contributed by atoms with Gasteiger partial charge in [0.15, 0.2) is 5.13 Å². The number of fused-ring (bicyclic) bond motifs is 2. The van der Waals surface area contributed by atoms with Gasteiger partial charge < -0.3 is 19.9 Å². The summed E-state index contributed by atoms with van der Waals surface area (Å²) in [6.45, 7) is 4.87. The predicted octanol–water partition coefficient (Wildman–Crippen LogP) is 3.36. The van der Waals surface area contributed by atoms with E-state index in [0.717, 1.165) is 27.2 Å². The summed E-state index contributed by atoms with van der Waals surface area (Å²) >= 11 is 1.41. The number of benzene rings is 1. The summed E-state index contributed by atoms with van der Waals surface area (Å²) in [6.07, 6.45) is 0.666. The van der Waals surface area contributed by atoms with Crippen LogP contribution in [0.2, 0.25) is 0 Å². The summed E-state index contributed by atoms with van der Waals surface area (Å²) in [5.41, 5.74) is 2.36. The number of nitrogens with one attached hydrogen (secondary N) is 3. The minimum atomic E-state index is -0.271. The van der Waals surface area contributed by atoms with Gasteiger partial charge in [-0.2, -0.15) is 0 Å². The van der Waals surface area contributed by atoms with Crippen LogP contribution in [-0.2, 0) is 13.0 Å². The van der Waals surface area contributed by atoms with Crippen LogP contribution < -0.4 is 15.4 Å². The lowest BCUT2D eigenvalue weighted by Gasteiger charge is -2.25. The average Bonchev–Trinajstić information content (AvgIpc) is 3.28. The molecule has 0 radical (unpaired) electrons. The van der Waals surface area contributed by atoms with Crippen molar-refractivity contribution in [2.75, 3.05) is 19.0 Å². The van der Waals surface area contributed by atoms with E-state index in [9.17, 15) is 9.59 Å². The Labute approximate surface area is 172 Å². The molecule has 0 aliphatic carbocycles. The van der Waals surface area contributed by atoms with E-state index in [0.29, 0.717) is 30.3 Å². The third kappa shape index (κ3) is 4.04. The largest absolute Gasteiger partial charge is 0.497 e. The molecule has 0 bridgehead atoms. The molecule has 0 unspecified atom stereocenters. The molecule has 29 heavy (non-hydrogen) atoms. The number of nitrogens with zero attached hydrogens (tertiary/aromatic N) is 2. The normalized spacial score (nSPS) is 13.4. The van der Waals surface area contributed by atoms with Gasteiger partial charge in [-0.3, -0.25) is 10.1 Å². The second-order valence-electron chi connectivity index (χ2n) is 7.25. The molecule has 0 saturated heterocycles. The number of urea groups is 1. The number of rotatable bonds is 4. The number of thiazole rings is 1. The fourth-order valence-corrected chi connectivity index (χ4v) is 4.36. The van der Waals surface area contributed by atoms with Crippen LogP contribution in [0, 0.1) is 0 Å². The Bertz CT molecular complexity index is 1070. The average molecular weight is 414 g/mol. The molecule has 3 N–H and O–H groups in total. The van der Waals surface area contributed by atoms with Gasteiger partial charge in [0.25, 0.3) is 5.91 Å². The van der Waals surface area contributed by atoms with Crippen molar-refractivity contribution in [1.29, 1.82) is 0 Å². The number of carbonyl (C=O) groups excluding carboxylic acids is 2. The highest BCUT2D eigenvalue weighted by atomic mass is 32.1. The number of anilines is 1. The van der Waals surface area contributed by atoms with Crippen molar-refractivity contribution in [1.82, 2.24) is 20.2 Å². The van der Waals surface area contributed by atoms with Crippen LogP contribution in [0.15, 0.2) is 24.3 Å². The van der Waals surface area contributed by atoms with Crippen molar-refractivity contribution in [3.8, 4) is 5.75 Å². The monoisotopic (exact) mass is 413 g/mol. The van der Waals surface area contributed by atoms with E-state index in [2.05, 4.69) is 20.6 Å². The van der Waals surface area contributed by atoms with Crippen molar-refractivity contribution >= 4 is 39.3 Å². The molecular weight excluding hydrogens is 390 g/mol. The number of H-pyrrole nitrogens is 1. The molecule has 1 aliphatic rings. The number of carbonyl (C=O) groups is 2. The molecule has 0 saturated carbocycles. The van der Waals surface area contributed by atoms with Crippen LogP contribution >= 0.6 is 11.3 Å². The quantitative estimate of drug-likeness (QED) is 0.611. The molecule has 1 aliphatic heterocycles. The Morgan fingerprint density at radius 1 is 1.31 bits per heavy atom. The zero-order valence-electron chi connectivity index (χ0n) is 16.5. The highest BCUT2D eigenvalue weighted by Crippen LogP contribution is 2.29. The van der Waals surface area contributed by atoms with Gasteiger partial charge in [0.2, 0.25) is 0 Å². The van der Waals surface area contributed by atoms with Gasteiger partial charge in [0, 0.05) is 40.9 Å². The second-order valence-corrected chi connectivity index (χ2v) is 8.34. The topological polar surface area (TPSA) is 99.3 Å². The van der Waals surface area contributed by atoms with E-state index in [1.165, 1.54) is 11.3 Å². The molecule has 0 atom stereocenters. The van der Waals surface area contributed by atoms with E-state index in [1.54, 1.807) is 12.0 Å². The number of hydrogen-bond acceptors (Lipinski definition) is 5. The van der Waals surface area contributed by atoms with Crippen molar-refractivity contribution in [2.45, 2.75) is 32.9 Å². The van der Waals surface area contributed by atoms with Gasteiger partial charge in [-0.25, -0.2) is 9.78 Å². The third-order valence-electron chi connectivity index (χ3n) is 4.72. The first kappa shape index (κ1) is 19.3. The zero-order valence-corrected chi connectivity index (χ0v) is 17.4. The van der Waals surface area contributed by atoms with E-state index in [4.69, 9.17) is 4.74 Å². The molecule has 0 fully saturated rings. The summed E-state index contributed by atoms with van der Waals surface area (Å²) in [5, 5.41) is 7.07. The highest BCUT2D eigenvalue weighted by molar-refractivity contribution is 7.15. The standard InChI is InChI=1S/C20H23N5O3S/c1-11(2)21-19(27)24-20-23-14-6-7-25(10-17(14)29-20)18(26)16-8-12-4-5-13(28-3)9-15(12)22-16/h4-5,8-9,11,22H,6-7,10H2,1-3H3,(H2,21,23,24,27). The molecule has 3 amide bonds. The van der Waals surface area contributed by atoms with Crippen molar-refractivity contribution < 1.29 is 14.3 Å². The van der Waals surface area contributed by atoms with Gasteiger partial charge in [-0.15, -0.1) is 0 Å². The zero-order chi connectivity index (χ0) is 20.5. The maximum absolute atomic E-state index is 13.0. The van der Waals surface area contributed by atoms with Crippen LogP contribution in [0.5, 0.6) is 5.75 Å². The third-order valence-corrected chi connectivity index (χ3v) is 5.72. The summed E-state index contributed by atoms with van der Waals surface area (Å²) in [6, 6.07) is 7.33. The lowest BCUT2D eigenvalue weighted by Crippen LogP contribution is -2.35. The molecule has 2 aromatic heterocycles. The van der Waals surface area contributed by atoms with E-state index < -0.39 is 0 Å². The summed E-state index contributed by atoms with van der Waals surface area (Å²) in [7, 11) is 1.62. The predicted molar refractivity (Wildman–Crippen MR) is 113 cm³/mol. The minimum Gasteiger partial charge on any atom is -0.497 e. The van der Waals surface area contributed by atoms with Crippen LogP contribution in [0.4, 0.5) is 9.93 Å². The van der Waals surface area contributed by atoms with Gasteiger partial charge in [-0.05, 0) is 32.0 Å².